The molecule has 0 saturated carbocycles. The lowest BCUT2D eigenvalue weighted by Crippen LogP contribution is -2.40. The van der Waals surface area contributed by atoms with Gasteiger partial charge in [-0.05, 0) is 79.3 Å². The van der Waals surface area contributed by atoms with Crippen molar-refractivity contribution >= 4 is 40.2 Å². The van der Waals surface area contributed by atoms with Gasteiger partial charge in [0.15, 0.2) is 0 Å². The molecule has 1 saturated heterocycles. The quantitative estimate of drug-likeness (QED) is 0.0613. The number of carbonyl (C=O) groups excluding carboxylic acids is 3. The smallest absolute Gasteiger partial charge is 0.411 e. The summed E-state index contributed by atoms with van der Waals surface area (Å²) in [6, 6.07) is 31.2. The molecule has 0 radical (unpaired) electrons. The number of rotatable bonds is 17. The number of hydrogen-bond acceptors (Lipinski definition) is 9. The molecule has 0 aliphatic carbocycles. The number of fused-ring (bicyclic) bond motifs is 1. The highest BCUT2D eigenvalue weighted by atomic mass is 16.6. The number of amides is 3. The second-order valence-corrected chi connectivity index (χ2v) is 14.7. The van der Waals surface area contributed by atoms with Crippen LogP contribution in [0.1, 0.15) is 49.3 Å². The molecule has 13 nitrogen and oxygen atoms in total. The Kier molecular flexibility index (Phi) is 14.6. The summed E-state index contributed by atoms with van der Waals surface area (Å²) in [5, 5.41) is 30.5. The fraction of sp³-hybridized carbons (Fsp3) is 0.333. The molecule has 5 aromatic rings. The van der Waals surface area contributed by atoms with Gasteiger partial charge in [-0.3, -0.25) is 19.7 Å². The van der Waals surface area contributed by atoms with E-state index in [1.54, 1.807) is 24.1 Å². The molecule has 58 heavy (non-hydrogen) atoms. The van der Waals surface area contributed by atoms with Gasteiger partial charge >= 0.3 is 6.09 Å². The number of aromatic hydroxyl groups is 1. The minimum atomic E-state index is -0.835. The topological polar surface area (TPSA) is 176 Å². The molecule has 6 rings (SSSR count). The number of nitrogens with one attached hydrogen (secondary N) is 4. The third-order valence-electron chi connectivity index (χ3n) is 10.5. The van der Waals surface area contributed by atoms with Gasteiger partial charge in [0.1, 0.15) is 11.9 Å². The molecule has 1 fully saturated rings. The van der Waals surface area contributed by atoms with Gasteiger partial charge in [-0.1, -0.05) is 66.7 Å². The number of aliphatic hydroxyl groups is 1. The van der Waals surface area contributed by atoms with Crippen LogP contribution in [0.5, 0.6) is 5.75 Å². The second-order valence-electron chi connectivity index (χ2n) is 14.7. The van der Waals surface area contributed by atoms with E-state index in [9.17, 15) is 29.4 Å². The summed E-state index contributed by atoms with van der Waals surface area (Å²) in [5.41, 5.74) is 4.98. The summed E-state index contributed by atoms with van der Waals surface area (Å²) in [7, 11) is 1.77. The standard InChI is InChI=1S/C45H52N6O7/c1-50(43(56)24-29-51-27-22-34(23-28-51)58-45(57)48-38-11-6-5-10-35(38)32-8-3-2-4-9-32)26-7-12-41(54)47-33-15-13-31(14-16-33)21-25-46-30-40(53)36-17-19-39(52)44-37(36)18-20-42(55)49-44/h2-6,8-11,13-20,34,40,46,52-53H,7,12,21-30H2,1H3,(H,47,54)(H,48,57)(H,49,55)/t40-/m0/s1. The molecule has 1 aliphatic rings. The number of likely N-dealkylation sites (tertiary alicyclic amines) is 1. The first-order chi connectivity index (χ1) is 28.1. The number of benzene rings is 4. The Labute approximate surface area is 338 Å². The molecular weight excluding hydrogens is 737 g/mol. The van der Waals surface area contributed by atoms with Crippen LogP contribution < -0.4 is 21.5 Å². The number of nitrogens with zero attached hydrogens (tertiary/aromatic N) is 2. The highest BCUT2D eigenvalue weighted by molar-refractivity contribution is 5.92. The zero-order valence-corrected chi connectivity index (χ0v) is 32.8. The van der Waals surface area contributed by atoms with E-state index in [0.717, 1.165) is 29.8 Å². The van der Waals surface area contributed by atoms with Crippen molar-refractivity contribution in [1.29, 1.82) is 0 Å². The Bertz CT molecular complexity index is 2200. The Morgan fingerprint density at radius 2 is 1.64 bits per heavy atom. The molecule has 1 aliphatic heterocycles. The van der Waals surface area contributed by atoms with Gasteiger partial charge in [0, 0.05) is 75.3 Å². The minimum Gasteiger partial charge on any atom is -0.506 e. The number of aliphatic hydroxyl groups excluding tert-OH is 1. The van der Waals surface area contributed by atoms with E-state index >= 15 is 0 Å². The van der Waals surface area contributed by atoms with Gasteiger partial charge in [0.05, 0.1) is 17.3 Å². The number of phenols is 1. The van der Waals surface area contributed by atoms with Crippen molar-refractivity contribution in [3.05, 3.63) is 125 Å². The van der Waals surface area contributed by atoms with E-state index in [1.807, 2.05) is 78.9 Å². The van der Waals surface area contributed by atoms with E-state index in [4.69, 9.17) is 4.74 Å². The molecule has 4 aromatic carbocycles. The number of hydrogen-bond donors (Lipinski definition) is 6. The minimum absolute atomic E-state index is 0.0289. The number of phenolic OH excluding ortho intramolecular Hbond substituents is 1. The van der Waals surface area contributed by atoms with Crippen molar-refractivity contribution in [1.82, 2.24) is 20.1 Å². The van der Waals surface area contributed by atoms with Crippen LogP contribution in [-0.4, -0.2) is 95.3 Å². The molecule has 1 atom stereocenters. The molecule has 304 valence electrons. The third kappa shape index (κ3) is 11.8. The van der Waals surface area contributed by atoms with Crippen LogP contribution in [0.2, 0.25) is 0 Å². The van der Waals surface area contributed by atoms with Crippen molar-refractivity contribution < 1.29 is 29.3 Å². The van der Waals surface area contributed by atoms with Gasteiger partial charge in [-0.2, -0.15) is 0 Å². The van der Waals surface area contributed by atoms with Gasteiger partial charge in [0.2, 0.25) is 17.4 Å². The van der Waals surface area contributed by atoms with Crippen LogP contribution in [0, 0.1) is 0 Å². The van der Waals surface area contributed by atoms with E-state index in [2.05, 4.69) is 25.8 Å². The second kappa shape index (κ2) is 20.4. The predicted molar refractivity (Wildman–Crippen MR) is 226 cm³/mol. The number of carbonyl (C=O) groups is 3. The number of aromatic amines is 1. The number of anilines is 2. The maximum atomic E-state index is 12.8. The zero-order valence-electron chi connectivity index (χ0n) is 32.8. The van der Waals surface area contributed by atoms with E-state index < -0.39 is 12.2 Å². The Morgan fingerprint density at radius 1 is 0.897 bits per heavy atom. The molecule has 6 N–H and O–H groups in total. The van der Waals surface area contributed by atoms with Crippen molar-refractivity contribution in [3.63, 3.8) is 0 Å². The first-order valence-corrected chi connectivity index (χ1v) is 19.8. The van der Waals surface area contributed by atoms with Gasteiger partial charge in [-0.15, -0.1) is 0 Å². The van der Waals surface area contributed by atoms with Crippen LogP contribution >= 0.6 is 0 Å². The van der Waals surface area contributed by atoms with Gasteiger partial charge in [0.25, 0.3) is 0 Å². The SMILES string of the molecule is CN(CCCC(=O)Nc1ccc(CCNC[C@H](O)c2ccc(O)c3[nH]c(=O)ccc23)cc1)C(=O)CCN1CCC(OC(=O)Nc2ccccc2-c2ccccc2)CC1. The highest BCUT2D eigenvalue weighted by Crippen LogP contribution is 2.29. The summed E-state index contributed by atoms with van der Waals surface area (Å²) < 4.78 is 5.75. The monoisotopic (exact) mass is 788 g/mol. The van der Waals surface area contributed by atoms with Crippen molar-refractivity contribution in [3.8, 4) is 16.9 Å². The molecule has 0 spiro atoms. The maximum Gasteiger partial charge on any atom is 0.411 e. The number of pyridine rings is 1. The largest absolute Gasteiger partial charge is 0.506 e. The van der Waals surface area contributed by atoms with E-state index in [1.165, 1.54) is 12.1 Å². The van der Waals surface area contributed by atoms with E-state index in [-0.39, 0.29) is 35.6 Å². The highest BCUT2D eigenvalue weighted by Gasteiger charge is 2.24. The average molecular weight is 789 g/mol. The summed E-state index contributed by atoms with van der Waals surface area (Å²) >= 11 is 0. The first-order valence-electron chi connectivity index (χ1n) is 19.8. The zero-order chi connectivity index (χ0) is 40.9. The number of H-pyrrole nitrogens is 1. The lowest BCUT2D eigenvalue weighted by atomic mass is 10.0. The maximum absolute atomic E-state index is 12.8. The lowest BCUT2D eigenvalue weighted by molar-refractivity contribution is -0.130. The molecule has 0 bridgehead atoms. The van der Waals surface area contributed by atoms with Gasteiger partial charge < -0.3 is 40.4 Å². The molecule has 2 heterocycles. The molecule has 13 heteroatoms. The summed E-state index contributed by atoms with van der Waals surface area (Å²) in [5.74, 6) is -0.138. The Morgan fingerprint density at radius 3 is 2.41 bits per heavy atom. The summed E-state index contributed by atoms with van der Waals surface area (Å²) in [6.07, 6.45) is 1.83. The van der Waals surface area contributed by atoms with Gasteiger partial charge in [-0.25, -0.2) is 4.79 Å². The van der Waals surface area contributed by atoms with Crippen molar-refractivity contribution in [2.75, 3.05) is 56.9 Å². The molecule has 1 aromatic heterocycles. The van der Waals surface area contributed by atoms with Crippen molar-refractivity contribution in [2.24, 2.45) is 0 Å². The summed E-state index contributed by atoms with van der Waals surface area (Å²) in [4.78, 5) is 56.4. The van der Waals surface area contributed by atoms with Crippen LogP contribution in [0.25, 0.3) is 22.0 Å². The normalized spacial score (nSPS) is 13.8. The molecule has 3 amide bonds. The Hall–Kier alpha value is -6.02. The summed E-state index contributed by atoms with van der Waals surface area (Å²) in [6.45, 7) is 3.49. The predicted octanol–water partition coefficient (Wildman–Crippen LogP) is 6.05. The van der Waals surface area contributed by atoms with E-state index in [0.29, 0.717) is 86.1 Å². The van der Waals surface area contributed by atoms with Crippen LogP contribution in [0.15, 0.2) is 108 Å². The number of ether oxygens (including phenoxy) is 1. The fourth-order valence-electron chi connectivity index (χ4n) is 7.16. The molecular formula is C45H52N6O7. The first kappa shape index (κ1) is 41.6. The van der Waals surface area contributed by atoms with Crippen molar-refractivity contribution in [2.45, 2.75) is 50.7 Å². The van der Waals surface area contributed by atoms with Crippen LogP contribution in [-0.2, 0) is 20.7 Å². The number of para-hydroxylation sites is 1. The Balaban J connectivity index is 0.818. The number of aromatic nitrogens is 1. The fourth-order valence-corrected chi connectivity index (χ4v) is 7.16. The van der Waals surface area contributed by atoms with Crippen LogP contribution in [0.3, 0.4) is 0 Å². The number of piperidine rings is 1. The van der Waals surface area contributed by atoms with Crippen LogP contribution in [0.4, 0.5) is 16.2 Å². The third-order valence-corrected chi connectivity index (χ3v) is 10.5. The molecule has 0 unspecified atom stereocenters. The average Bonchev–Trinajstić information content (AvgIpc) is 3.23. The lowest BCUT2D eigenvalue weighted by Gasteiger charge is -2.31.